The molecule has 15 heavy (non-hydrogen) atoms. The number of nitrogens with zero attached hydrogens (tertiary/aromatic N) is 1. The molecular formula is C9H10N2O2S2. The predicted octanol–water partition coefficient (Wildman–Crippen LogP) is 1.48. The van der Waals surface area contributed by atoms with Crippen LogP contribution in [0.1, 0.15) is 0 Å². The molecule has 0 atom stereocenters. The minimum atomic E-state index is -3.50. The Balaban J connectivity index is 0.000000187. The third kappa shape index (κ3) is 4.68. The second-order valence-electron chi connectivity index (χ2n) is 2.53. The molecule has 1 aromatic carbocycles. The summed E-state index contributed by atoms with van der Waals surface area (Å²) in [5.41, 5.74) is 1.79. The highest BCUT2D eigenvalue weighted by Gasteiger charge is 2.03. The van der Waals surface area contributed by atoms with Crippen molar-refractivity contribution in [3.05, 3.63) is 47.4 Å². The summed E-state index contributed by atoms with van der Waals surface area (Å²) in [7, 11) is -3.50. The number of thiazole rings is 1. The number of sulfonamides is 1. The largest absolute Gasteiger partial charge is 0.253 e. The Hall–Kier alpha value is -1.24. The molecule has 2 rings (SSSR count). The van der Waals surface area contributed by atoms with Gasteiger partial charge in [0.15, 0.2) is 0 Å². The van der Waals surface area contributed by atoms with E-state index in [4.69, 9.17) is 5.14 Å². The van der Waals surface area contributed by atoms with Crippen molar-refractivity contribution in [3.63, 3.8) is 0 Å². The second kappa shape index (κ2) is 5.59. The van der Waals surface area contributed by atoms with E-state index in [0.29, 0.717) is 0 Å². The fraction of sp³-hybridized carbons (Fsp3) is 0. The Morgan fingerprint density at radius 1 is 1.20 bits per heavy atom. The minimum Gasteiger partial charge on any atom is -0.253 e. The molecule has 1 aromatic heterocycles. The third-order valence-electron chi connectivity index (χ3n) is 1.42. The van der Waals surface area contributed by atoms with Crippen molar-refractivity contribution in [1.29, 1.82) is 0 Å². The first kappa shape index (κ1) is 11.8. The molecule has 6 heteroatoms. The van der Waals surface area contributed by atoms with Gasteiger partial charge in [0.05, 0.1) is 10.4 Å². The molecule has 80 valence electrons. The molecule has 0 aliphatic heterocycles. The normalized spacial score (nSPS) is 10.2. The summed E-state index contributed by atoms with van der Waals surface area (Å²) in [4.78, 5) is 3.89. The number of benzene rings is 1. The van der Waals surface area contributed by atoms with Crippen LogP contribution in [0.3, 0.4) is 0 Å². The summed E-state index contributed by atoms with van der Waals surface area (Å²) in [6, 6.07) is 7.89. The van der Waals surface area contributed by atoms with Crippen molar-refractivity contribution in [1.82, 2.24) is 4.98 Å². The Morgan fingerprint density at radius 2 is 1.87 bits per heavy atom. The first-order valence-electron chi connectivity index (χ1n) is 4.00. The number of hydrogen-bond acceptors (Lipinski definition) is 4. The van der Waals surface area contributed by atoms with Crippen molar-refractivity contribution in [2.24, 2.45) is 5.14 Å². The molecule has 0 unspecified atom stereocenters. The van der Waals surface area contributed by atoms with Crippen molar-refractivity contribution in [2.45, 2.75) is 4.90 Å². The molecule has 0 aliphatic rings. The zero-order valence-corrected chi connectivity index (χ0v) is 9.41. The minimum absolute atomic E-state index is 0.148. The smallest absolute Gasteiger partial charge is 0.238 e. The molecule has 0 bridgehead atoms. The van der Waals surface area contributed by atoms with Gasteiger partial charge in [0, 0.05) is 11.6 Å². The van der Waals surface area contributed by atoms with Crippen molar-refractivity contribution in [3.8, 4) is 0 Å². The molecule has 1 heterocycles. The molecule has 0 amide bonds. The van der Waals surface area contributed by atoms with E-state index in [9.17, 15) is 8.42 Å². The van der Waals surface area contributed by atoms with Gasteiger partial charge in [-0.3, -0.25) is 4.98 Å². The summed E-state index contributed by atoms with van der Waals surface area (Å²) in [5.74, 6) is 0. The van der Waals surface area contributed by atoms with Gasteiger partial charge in [-0.25, -0.2) is 13.6 Å². The van der Waals surface area contributed by atoms with Gasteiger partial charge in [-0.2, -0.15) is 0 Å². The van der Waals surface area contributed by atoms with Gasteiger partial charge >= 0.3 is 0 Å². The van der Waals surface area contributed by atoms with Crippen LogP contribution >= 0.6 is 11.3 Å². The number of rotatable bonds is 1. The van der Waals surface area contributed by atoms with Crippen LogP contribution in [0, 0.1) is 0 Å². The molecule has 0 radical (unpaired) electrons. The van der Waals surface area contributed by atoms with E-state index in [1.165, 1.54) is 12.1 Å². The van der Waals surface area contributed by atoms with Crippen molar-refractivity contribution < 1.29 is 8.42 Å². The van der Waals surface area contributed by atoms with Crippen LogP contribution in [0.25, 0.3) is 0 Å². The van der Waals surface area contributed by atoms with Crippen LogP contribution in [0.15, 0.2) is 52.3 Å². The summed E-state index contributed by atoms with van der Waals surface area (Å²) < 4.78 is 21.2. The highest BCUT2D eigenvalue weighted by Crippen LogP contribution is 2.02. The van der Waals surface area contributed by atoms with E-state index in [2.05, 4.69) is 4.98 Å². The van der Waals surface area contributed by atoms with E-state index < -0.39 is 10.0 Å². The Morgan fingerprint density at radius 3 is 2.13 bits per heavy atom. The number of primary sulfonamides is 1. The Kier molecular flexibility index (Phi) is 4.41. The second-order valence-corrected chi connectivity index (χ2v) is 4.85. The SMILES string of the molecule is NS(=O)(=O)c1ccccc1.c1cscn1. The summed E-state index contributed by atoms with van der Waals surface area (Å²) in [6.45, 7) is 0. The van der Waals surface area contributed by atoms with E-state index in [0.717, 1.165) is 0 Å². The molecule has 2 N–H and O–H groups in total. The third-order valence-corrected chi connectivity index (χ3v) is 2.87. The summed E-state index contributed by atoms with van der Waals surface area (Å²) >= 11 is 1.60. The topological polar surface area (TPSA) is 73.1 Å². The Bertz CT molecular complexity index is 449. The van der Waals surface area contributed by atoms with Gasteiger partial charge < -0.3 is 0 Å². The molecular weight excluding hydrogens is 232 g/mol. The molecule has 4 nitrogen and oxygen atoms in total. The predicted molar refractivity (Wildman–Crippen MR) is 59.9 cm³/mol. The van der Waals surface area contributed by atoms with Crippen LogP contribution < -0.4 is 5.14 Å². The van der Waals surface area contributed by atoms with Crippen molar-refractivity contribution in [2.75, 3.05) is 0 Å². The highest BCUT2D eigenvalue weighted by atomic mass is 32.2. The van der Waals surface area contributed by atoms with Gasteiger partial charge in [0.1, 0.15) is 0 Å². The number of hydrogen-bond donors (Lipinski definition) is 1. The van der Waals surface area contributed by atoms with Gasteiger partial charge in [0.2, 0.25) is 10.0 Å². The van der Waals surface area contributed by atoms with Crippen molar-refractivity contribution >= 4 is 21.4 Å². The Labute approximate surface area is 92.5 Å². The standard InChI is InChI=1S/C6H7NO2S.C3H3NS/c7-10(8,9)6-4-2-1-3-5-6;1-2-5-3-4-1/h1-5H,(H2,7,8,9);1-3H. The van der Waals surface area contributed by atoms with Gasteiger partial charge in [-0.15, -0.1) is 11.3 Å². The monoisotopic (exact) mass is 242 g/mol. The average molecular weight is 242 g/mol. The first-order chi connectivity index (χ1) is 7.11. The fourth-order valence-corrected chi connectivity index (χ4v) is 1.67. The van der Waals surface area contributed by atoms with E-state index in [1.54, 1.807) is 41.2 Å². The van der Waals surface area contributed by atoms with Crippen LogP contribution in [-0.2, 0) is 10.0 Å². The van der Waals surface area contributed by atoms with E-state index >= 15 is 0 Å². The van der Waals surface area contributed by atoms with E-state index in [1.807, 2.05) is 5.38 Å². The highest BCUT2D eigenvalue weighted by molar-refractivity contribution is 7.89. The number of nitrogens with two attached hydrogens (primary N) is 1. The summed E-state index contributed by atoms with van der Waals surface area (Å²) in [6.07, 6.45) is 1.77. The molecule has 0 saturated carbocycles. The van der Waals surface area contributed by atoms with E-state index in [-0.39, 0.29) is 4.90 Å². The lowest BCUT2D eigenvalue weighted by atomic mass is 10.4. The maximum Gasteiger partial charge on any atom is 0.238 e. The van der Waals surface area contributed by atoms with Gasteiger partial charge in [0.25, 0.3) is 0 Å². The van der Waals surface area contributed by atoms with Gasteiger partial charge in [-0.1, -0.05) is 18.2 Å². The number of aromatic nitrogens is 1. The molecule has 0 saturated heterocycles. The quantitative estimate of drug-likeness (QED) is 0.823. The van der Waals surface area contributed by atoms with Crippen LogP contribution in [0.2, 0.25) is 0 Å². The maximum atomic E-state index is 10.6. The summed E-state index contributed by atoms with van der Waals surface area (Å²) in [5, 5.41) is 6.76. The average Bonchev–Trinajstić information content (AvgIpc) is 2.76. The van der Waals surface area contributed by atoms with Crippen LogP contribution in [-0.4, -0.2) is 13.4 Å². The lowest BCUT2D eigenvalue weighted by molar-refractivity contribution is 0.598. The zero-order chi connectivity index (χ0) is 11.1. The van der Waals surface area contributed by atoms with Crippen LogP contribution in [0.5, 0.6) is 0 Å². The fourth-order valence-electron chi connectivity index (χ4n) is 0.786. The zero-order valence-electron chi connectivity index (χ0n) is 7.78. The lowest BCUT2D eigenvalue weighted by Crippen LogP contribution is -2.11. The maximum absolute atomic E-state index is 10.6. The molecule has 0 aliphatic carbocycles. The first-order valence-corrected chi connectivity index (χ1v) is 6.49. The molecule has 0 fully saturated rings. The van der Waals surface area contributed by atoms with Gasteiger partial charge in [-0.05, 0) is 12.1 Å². The van der Waals surface area contributed by atoms with Crippen LogP contribution in [0.4, 0.5) is 0 Å². The molecule has 2 aromatic rings. The lowest BCUT2D eigenvalue weighted by Gasteiger charge is -1.93. The molecule has 0 spiro atoms.